The minimum atomic E-state index is 0.392. The molecule has 1 saturated carbocycles. The van der Waals surface area contributed by atoms with Crippen LogP contribution in [0.25, 0.3) is 0 Å². The number of nitrogens with two attached hydrogens (primary N) is 1. The van der Waals surface area contributed by atoms with Crippen molar-refractivity contribution in [3.63, 3.8) is 0 Å². The number of hydrogen-bond acceptors (Lipinski definition) is 1. The number of rotatable bonds is 2. The Balaban J connectivity index is 2.06. The van der Waals surface area contributed by atoms with Gasteiger partial charge in [-0.2, -0.15) is 0 Å². The summed E-state index contributed by atoms with van der Waals surface area (Å²) in [5.41, 5.74) is 9.56. The van der Waals surface area contributed by atoms with Gasteiger partial charge in [-0.05, 0) is 49.5 Å². The lowest BCUT2D eigenvalue weighted by Crippen LogP contribution is -2.40. The van der Waals surface area contributed by atoms with Gasteiger partial charge in [-0.25, -0.2) is 0 Å². The van der Waals surface area contributed by atoms with Gasteiger partial charge in [0.25, 0.3) is 0 Å². The Hall–Kier alpha value is -0.820. The molecule has 2 atom stereocenters. The highest BCUT2D eigenvalue weighted by Crippen LogP contribution is 2.39. The summed E-state index contributed by atoms with van der Waals surface area (Å²) < 4.78 is 0. The molecule has 0 spiro atoms. The molecule has 0 aromatic heterocycles. The number of benzene rings is 1. The van der Waals surface area contributed by atoms with E-state index in [1.54, 1.807) is 0 Å². The van der Waals surface area contributed by atoms with Crippen molar-refractivity contribution >= 4 is 0 Å². The van der Waals surface area contributed by atoms with Crippen LogP contribution in [0.15, 0.2) is 24.3 Å². The zero-order valence-corrected chi connectivity index (χ0v) is 11.4. The van der Waals surface area contributed by atoms with Gasteiger partial charge in [-0.3, -0.25) is 0 Å². The quantitative estimate of drug-likeness (QED) is 0.825. The first-order valence-electron chi connectivity index (χ1n) is 6.77. The molecular formula is C16H25N. The van der Waals surface area contributed by atoms with Crippen LogP contribution in [0, 0.1) is 18.3 Å². The normalized spacial score (nSPS) is 28.0. The highest BCUT2D eigenvalue weighted by Gasteiger charge is 2.32. The predicted octanol–water partition coefficient (Wildman–Crippen LogP) is 3.69. The van der Waals surface area contributed by atoms with Gasteiger partial charge in [0.15, 0.2) is 0 Å². The fraction of sp³-hybridized carbons (Fsp3) is 0.625. The van der Waals surface area contributed by atoms with Crippen LogP contribution in [0.5, 0.6) is 0 Å². The van der Waals surface area contributed by atoms with Crippen LogP contribution in [0.3, 0.4) is 0 Å². The molecule has 1 nitrogen and oxygen atoms in total. The van der Waals surface area contributed by atoms with E-state index in [0.717, 1.165) is 6.42 Å². The largest absolute Gasteiger partial charge is 0.327 e. The molecule has 1 aromatic rings. The SMILES string of the molecule is Cc1cccc(CC2CC(C)(C)CCC2N)c1. The molecule has 1 aliphatic carbocycles. The van der Waals surface area contributed by atoms with Gasteiger partial charge >= 0.3 is 0 Å². The highest BCUT2D eigenvalue weighted by molar-refractivity contribution is 5.23. The maximum atomic E-state index is 6.29. The average Bonchev–Trinajstić information content (AvgIpc) is 2.23. The summed E-state index contributed by atoms with van der Waals surface area (Å²) in [6, 6.07) is 9.25. The van der Waals surface area contributed by atoms with Crippen molar-refractivity contribution in [1.29, 1.82) is 0 Å². The van der Waals surface area contributed by atoms with E-state index in [1.807, 2.05) is 0 Å². The fourth-order valence-corrected chi connectivity index (χ4v) is 3.12. The van der Waals surface area contributed by atoms with E-state index in [2.05, 4.69) is 45.0 Å². The Bertz CT molecular complexity index is 381. The van der Waals surface area contributed by atoms with E-state index < -0.39 is 0 Å². The van der Waals surface area contributed by atoms with E-state index in [4.69, 9.17) is 5.73 Å². The lowest BCUT2D eigenvalue weighted by atomic mass is 9.68. The molecule has 1 heteroatoms. The zero-order chi connectivity index (χ0) is 12.5. The van der Waals surface area contributed by atoms with Crippen LogP contribution in [0.1, 0.15) is 44.2 Å². The Morgan fingerprint density at radius 2 is 2.12 bits per heavy atom. The van der Waals surface area contributed by atoms with Crippen LogP contribution >= 0.6 is 0 Å². The maximum Gasteiger partial charge on any atom is 0.00707 e. The average molecular weight is 231 g/mol. The minimum Gasteiger partial charge on any atom is -0.327 e. The van der Waals surface area contributed by atoms with E-state index in [-0.39, 0.29) is 0 Å². The van der Waals surface area contributed by atoms with Crippen molar-refractivity contribution in [3.8, 4) is 0 Å². The molecule has 1 aromatic carbocycles. The van der Waals surface area contributed by atoms with E-state index in [1.165, 1.54) is 30.4 Å². The summed E-state index contributed by atoms with van der Waals surface area (Å²) in [5, 5.41) is 0. The molecule has 2 unspecified atom stereocenters. The van der Waals surface area contributed by atoms with Crippen LogP contribution in [0.4, 0.5) is 0 Å². The molecule has 1 fully saturated rings. The van der Waals surface area contributed by atoms with Gasteiger partial charge in [0.2, 0.25) is 0 Å². The summed E-state index contributed by atoms with van der Waals surface area (Å²) >= 11 is 0. The molecule has 17 heavy (non-hydrogen) atoms. The van der Waals surface area contributed by atoms with E-state index >= 15 is 0 Å². The van der Waals surface area contributed by atoms with Crippen molar-refractivity contribution in [1.82, 2.24) is 0 Å². The number of hydrogen-bond donors (Lipinski definition) is 1. The van der Waals surface area contributed by atoms with E-state index in [0.29, 0.717) is 17.4 Å². The van der Waals surface area contributed by atoms with Crippen molar-refractivity contribution in [2.75, 3.05) is 0 Å². The monoisotopic (exact) mass is 231 g/mol. The lowest BCUT2D eigenvalue weighted by Gasteiger charge is -2.39. The molecule has 2 N–H and O–H groups in total. The van der Waals surface area contributed by atoms with E-state index in [9.17, 15) is 0 Å². The Labute approximate surface area is 105 Å². The number of aryl methyl sites for hydroxylation is 1. The third kappa shape index (κ3) is 3.32. The zero-order valence-electron chi connectivity index (χ0n) is 11.4. The molecule has 1 aliphatic rings. The predicted molar refractivity (Wildman–Crippen MR) is 74.0 cm³/mol. The van der Waals surface area contributed by atoms with Crippen molar-refractivity contribution in [2.24, 2.45) is 17.1 Å². The molecule has 0 aliphatic heterocycles. The molecule has 0 heterocycles. The molecule has 2 rings (SSSR count). The smallest absolute Gasteiger partial charge is 0.00707 e. The second kappa shape index (κ2) is 4.81. The first kappa shape index (κ1) is 12.6. The van der Waals surface area contributed by atoms with Crippen LogP contribution in [0.2, 0.25) is 0 Å². The molecule has 0 amide bonds. The van der Waals surface area contributed by atoms with Gasteiger partial charge in [0.05, 0.1) is 0 Å². The molecular weight excluding hydrogens is 206 g/mol. The molecule has 0 radical (unpaired) electrons. The second-order valence-electron chi connectivity index (χ2n) is 6.52. The first-order chi connectivity index (χ1) is 7.96. The summed E-state index contributed by atoms with van der Waals surface area (Å²) in [7, 11) is 0. The van der Waals surface area contributed by atoms with Crippen molar-refractivity contribution in [3.05, 3.63) is 35.4 Å². The Morgan fingerprint density at radius 1 is 1.35 bits per heavy atom. The Morgan fingerprint density at radius 3 is 2.82 bits per heavy atom. The lowest BCUT2D eigenvalue weighted by molar-refractivity contribution is 0.157. The van der Waals surface area contributed by atoms with Gasteiger partial charge in [0.1, 0.15) is 0 Å². The van der Waals surface area contributed by atoms with Crippen molar-refractivity contribution < 1.29 is 0 Å². The van der Waals surface area contributed by atoms with Gasteiger partial charge in [-0.1, -0.05) is 43.7 Å². The first-order valence-corrected chi connectivity index (χ1v) is 6.77. The summed E-state index contributed by atoms with van der Waals surface area (Å²) in [6.45, 7) is 6.92. The van der Waals surface area contributed by atoms with Gasteiger partial charge < -0.3 is 5.73 Å². The second-order valence-corrected chi connectivity index (χ2v) is 6.52. The highest BCUT2D eigenvalue weighted by atomic mass is 14.7. The Kier molecular flexibility index (Phi) is 3.58. The third-order valence-corrected chi connectivity index (χ3v) is 4.16. The van der Waals surface area contributed by atoms with Crippen LogP contribution in [-0.4, -0.2) is 6.04 Å². The molecule has 0 saturated heterocycles. The standard InChI is InChI=1S/C16H25N/c1-12-5-4-6-13(9-12)10-14-11-16(2,3)8-7-15(14)17/h4-6,9,14-15H,7-8,10-11,17H2,1-3H3. The van der Waals surface area contributed by atoms with Crippen LogP contribution < -0.4 is 5.73 Å². The van der Waals surface area contributed by atoms with Crippen LogP contribution in [-0.2, 0) is 6.42 Å². The summed E-state index contributed by atoms with van der Waals surface area (Å²) in [5.74, 6) is 0.653. The van der Waals surface area contributed by atoms with Gasteiger partial charge in [0, 0.05) is 6.04 Å². The maximum absolute atomic E-state index is 6.29. The fourth-order valence-electron chi connectivity index (χ4n) is 3.12. The third-order valence-electron chi connectivity index (χ3n) is 4.16. The summed E-state index contributed by atoms with van der Waals surface area (Å²) in [4.78, 5) is 0. The summed E-state index contributed by atoms with van der Waals surface area (Å²) in [6.07, 6.45) is 4.87. The topological polar surface area (TPSA) is 26.0 Å². The van der Waals surface area contributed by atoms with Gasteiger partial charge in [-0.15, -0.1) is 0 Å². The molecule has 94 valence electrons. The minimum absolute atomic E-state index is 0.392. The van der Waals surface area contributed by atoms with Crippen molar-refractivity contribution in [2.45, 2.75) is 52.5 Å². The molecule has 0 bridgehead atoms.